The molecule has 24 heavy (non-hydrogen) atoms. The Morgan fingerprint density at radius 2 is 1.83 bits per heavy atom. The molecule has 0 spiro atoms. The van der Waals surface area contributed by atoms with Gasteiger partial charge in [-0.3, -0.25) is 10.1 Å². The summed E-state index contributed by atoms with van der Waals surface area (Å²) in [6, 6.07) is 2.75. The highest BCUT2D eigenvalue weighted by atomic mass is 35.5. The van der Waals surface area contributed by atoms with Crippen LogP contribution in [0.3, 0.4) is 0 Å². The van der Waals surface area contributed by atoms with Crippen molar-refractivity contribution in [3.8, 4) is 0 Å². The number of amides is 3. The van der Waals surface area contributed by atoms with E-state index in [1.165, 1.54) is 33.2 Å². The molecule has 0 aromatic heterocycles. The van der Waals surface area contributed by atoms with Crippen molar-refractivity contribution in [3.05, 3.63) is 28.8 Å². The maximum absolute atomic E-state index is 12.0. The number of rotatable bonds is 5. The van der Waals surface area contributed by atoms with E-state index in [1.54, 1.807) is 0 Å². The standard InChI is InChI=1S/C13H16ClN3O6S/c1-7(11(18)17-13(20)15-2)23-12(19)8-4-5-9(14)10(6-8)24(21,22)16-3/h4-7,16H,1-3H3,(H2,15,17,18,20). The topological polar surface area (TPSA) is 131 Å². The summed E-state index contributed by atoms with van der Waals surface area (Å²) >= 11 is 5.81. The van der Waals surface area contributed by atoms with Crippen molar-refractivity contribution < 1.29 is 27.5 Å². The minimum absolute atomic E-state index is 0.0775. The molecule has 3 amide bonds. The number of esters is 1. The molecule has 0 aliphatic heterocycles. The third-order valence-electron chi connectivity index (χ3n) is 2.84. The Balaban J connectivity index is 2.95. The van der Waals surface area contributed by atoms with E-state index in [-0.39, 0.29) is 15.5 Å². The van der Waals surface area contributed by atoms with Crippen LogP contribution in [0.5, 0.6) is 0 Å². The number of ether oxygens (including phenoxy) is 1. The molecule has 0 heterocycles. The van der Waals surface area contributed by atoms with Crippen molar-refractivity contribution in [1.29, 1.82) is 0 Å². The molecule has 9 nitrogen and oxygen atoms in total. The summed E-state index contributed by atoms with van der Waals surface area (Å²) in [6.45, 7) is 1.26. The molecule has 132 valence electrons. The summed E-state index contributed by atoms with van der Waals surface area (Å²) in [5.41, 5.74) is -0.118. The van der Waals surface area contributed by atoms with Gasteiger partial charge in [0.05, 0.1) is 10.6 Å². The molecule has 1 aromatic rings. The van der Waals surface area contributed by atoms with Crippen molar-refractivity contribution in [3.63, 3.8) is 0 Å². The van der Waals surface area contributed by atoms with Gasteiger partial charge < -0.3 is 10.1 Å². The molecular weight excluding hydrogens is 362 g/mol. The van der Waals surface area contributed by atoms with Crippen LogP contribution in [-0.4, -0.2) is 46.5 Å². The Hall–Kier alpha value is -2.17. The van der Waals surface area contributed by atoms with E-state index in [9.17, 15) is 22.8 Å². The van der Waals surface area contributed by atoms with E-state index in [4.69, 9.17) is 16.3 Å². The minimum Gasteiger partial charge on any atom is -0.449 e. The summed E-state index contributed by atoms with van der Waals surface area (Å²) in [7, 11) is -1.36. The number of urea groups is 1. The van der Waals surface area contributed by atoms with E-state index in [0.29, 0.717) is 0 Å². The first-order chi connectivity index (χ1) is 11.1. The van der Waals surface area contributed by atoms with Gasteiger partial charge in [-0.15, -0.1) is 0 Å². The van der Waals surface area contributed by atoms with E-state index in [2.05, 4.69) is 10.0 Å². The summed E-state index contributed by atoms with van der Waals surface area (Å²) in [4.78, 5) is 34.4. The summed E-state index contributed by atoms with van der Waals surface area (Å²) in [5, 5.41) is 4.04. The molecule has 0 bridgehead atoms. The van der Waals surface area contributed by atoms with Gasteiger partial charge in [0, 0.05) is 7.05 Å². The summed E-state index contributed by atoms with van der Waals surface area (Å²) in [5.74, 6) is -1.78. The molecule has 0 fully saturated rings. The zero-order chi connectivity index (χ0) is 18.5. The SMILES string of the molecule is CNC(=O)NC(=O)C(C)OC(=O)c1ccc(Cl)c(S(=O)(=O)NC)c1. The molecule has 1 unspecified atom stereocenters. The highest BCUT2D eigenvalue weighted by Crippen LogP contribution is 2.23. The number of benzene rings is 1. The molecule has 3 N–H and O–H groups in total. The fourth-order valence-corrected chi connectivity index (χ4v) is 2.75. The molecule has 1 aromatic carbocycles. The second-order valence-electron chi connectivity index (χ2n) is 4.47. The molecule has 11 heteroatoms. The Morgan fingerprint density at radius 1 is 1.21 bits per heavy atom. The number of carbonyl (C=O) groups is 3. The highest BCUT2D eigenvalue weighted by Gasteiger charge is 2.23. The molecule has 0 saturated carbocycles. The van der Waals surface area contributed by atoms with Crippen LogP contribution in [-0.2, 0) is 19.6 Å². The van der Waals surface area contributed by atoms with Crippen molar-refractivity contribution in [2.24, 2.45) is 0 Å². The number of halogens is 1. The van der Waals surface area contributed by atoms with Crippen LogP contribution in [0, 0.1) is 0 Å². The fourth-order valence-electron chi connectivity index (χ4n) is 1.50. The Morgan fingerprint density at radius 3 is 2.38 bits per heavy atom. The molecule has 0 aliphatic rings. The quantitative estimate of drug-likeness (QED) is 0.630. The van der Waals surface area contributed by atoms with Gasteiger partial charge in [0.2, 0.25) is 10.0 Å². The van der Waals surface area contributed by atoms with Crippen LogP contribution < -0.4 is 15.4 Å². The number of hydrogen-bond donors (Lipinski definition) is 3. The van der Waals surface area contributed by atoms with E-state index in [0.717, 1.165) is 6.07 Å². The zero-order valence-electron chi connectivity index (χ0n) is 13.0. The second-order valence-corrected chi connectivity index (χ2v) is 6.73. The van der Waals surface area contributed by atoms with Gasteiger partial charge in [-0.25, -0.2) is 22.7 Å². The molecule has 0 aliphatic carbocycles. The number of nitrogens with one attached hydrogen (secondary N) is 3. The summed E-state index contributed by atoms with van der Waals surface area (Å²) < 4.78 is 30.6. The Kier molecular flexibility index (Phi) is 6.70. The third-order valence-corrected chi connectivity index (χ3v) is 4.74. The normalized spacial score (nSPS) is 12.2. The van der Waals surface area contributed by atoms with Crippen LogP contribution in [0.15, 0.2) is 23.1 Å². The first-order valence-corrected chi connectivity index (χ1v) is 8.45. The highest BCUT2D eigenvalue weighted by molar-refractivity contribution is 7.89. The van der Waals surface area contributed by atoms with Crippen LogP contribution in [0.4, 0.5) is 4.79 Å². The van der Waals surface area contributed by atoms with Gasteiger partial charge in [-0.2, -0.15) is 0 Å². The summed E-state index contributed by atoms with van der Waals surface area (Å²) in [6.07, 6.45) is -1.27. The van der Waals surface area contributed by atoms with Crippen molar-refractivity contribution in [1.82, 2.24) is 15.4 Å². The predicted octanol–water partition coefficient (Wildman–Crippen LogP) is 0.249. The molecule has 1 rings (SSSR count). The molecular formula is C13H16ClN3O6S. The zero-order valence-corrected chi connectivity index (χ0v) is 14.6. The predicted molar refractivity (Wildman–Crippen MR) is 85.2 cm³/mol. The van der Waals surface area contributed by atoms with Gasteiger partial charge in [0.25, 0.3) is 5.91 Å². The van der Waals surface area contributed by atoms with Crippen LogP contribution in [0.1, 0.15) is 17.3 Å². The molecule has 0 radical (unpaired) electrons. The van der Waals surface area contributed by atoms with Crippen molar-refractivity contribution in [2.75, 3.05) is 14.1 Å². The lowest BCUT2D eigenvalue weighted by atomic mass is 10.2. The minimum atomic E-state index is -3.87. The third kappa shape index (κ3) is 4.91. The smallest absolute Gasteiger partial charge is 0.338 e. The molecule has 1 atom stereocenters. The van der Waals surface area contributed by atoms with Gasteiger partial charge in [0.15, 0.2) is 6.10 Å². The number of imide groups is 1. The van der Waals surface area contributed by atoms with Crippen LogP contribution in [0.2, 0.25) is 5.02 Å². The maximum Gasteiger partial charge on any atom is 0.338 e. The van der Waals surface area contributed by atoms with Crippen LogP contribution in [0.25, 0.3) is 0 Å². The van der Waals surface area contributed by atoms with Gasteiger partial charge in [0.1, 0.15) is 4.90 Å². The average Bonchev–Trinajstić information content (AvgIpc) is 2.54. The first kappa shape index (κ1) is 19.9. The Labute approximate surface area is 143 Å². The van der Waals surface area contributed by atoms with Crippen molar-refractivity contribution in [2.45, 2.75) is 17.9 Å². The Bertz CT molecular complexity index is 765. The van der Waals surface area contributed by atoms with Crippen molar-refractivity contribution >= 4 is 39.5 Å². The average molecular weight is 378 g/mol. The molecule has 0 saturated heterocycles. The fraction of sp³-hybridized carbons (Fsp3) is 0.308. The lowest BCUT2D eigenvalue weighted by Gasteiger charge is -2.13. The number of hydrogen-bond acceptors (Lipinski definition) is 6. The van der Waals surface area contributed by atoms with Gasteiger partial charge in [-0.05, 0) is 32.2 Å². The number of sulfonamides is 1. The van der Waals surface area contributed by atoms with Crippen LogP contribution >= 0.6 is 11.6 Å². The van der Waals surface area contributed by atoms with Gasteiger partial charge in [-0.1, -0.05) is 11.6 Å². The van der Waals surface area contributed by atoms with E-state index >= 15 is 0 Å². The largest absolute Gasteiger partial charge is 0.449 e. The van der Waals surface area contributed by atoms with Gasteiger partial charge >= 0.3 is 12.0 Å². The lowest BCUT2D eigenvalue weighted by molar-refractivity contribution is -0.127. The monoisotopic (exact) mass is 377 g/mol. The maximum atomic E-state index is 12.0. The first-order valence-electron chi connectivity index (χ1n) is 6.59. The second kappa shape index (κ2) is 8.08. The van der Waals surface area contributed by atoms with E-state index in [1.807, 2.05) is 5.32 Å². The van der Waals surface area contributed by atoms with E-state index < -0.39 is 34.0 Å². The lowest BCUT2D eigenvalue weighted by Crippen LogP contribution is -2.43. The number of carbonyl (C=O) groups excluding carboxylic acids is 3.